The van der Waals surface area contributed by atoms with Crippen LogP contribution in [0.1, 0.15) is 12.8 Å². The molecule has 0 fully saturated rings. The van der Waals surface area contributed by atoms with E-state index in [4.69, 9.17) is 4.74 Å². The van der Waals surface area contributed by atoms with Crippen LogP contribution in [0.3, 0.4) is 0 Å². The molecule has 0 aliphatic carbocycles. The maximum atomic E-state index is 12.6. The lowest BCUT2D eigenvalue weighted by Gasteiger charge is -2.05. The number of benzene rings is 1. The molecule has 0 saturated heterocycles. The van der Waals surface area contributed by atoms with Crippen molar-refractivity contribution in [2.24, 2.45) is 0 Å². The number of aromatic amines is 1. The van der Waals surface area contributed by atoms with Crippen molar-refractivity contribution in [3.8, 4) is 5.75 Å². The maximum absolute atomic E-state index is 12.6. The third-order valence-corrected chi connectivity index (χ3v) is 2.30. The van der Waals surface area contributed by atoms with E-state index in [-0.39, 0.29) is 11.7 Å². The molecule has 0 bridgehead atoms. The van der Waals surface area contributed by atoms with Gasteiger partial charge in [0.1, 0.15) is 17.9 Å². The summed E-state index contributed by atoms with van der Waals surface area (Å²) in [7, 11) is 0. The largest absolute Gasteiger partial charge is 0.494 e. The molecule has 0 spiro atoms. The zero-order chi connectivity index (χ0) is 13.5. The summed E-state index contributed by atoms with van der Waals surface area (Å²) < 4.78 is 18.0. The van der Waals surface area contributed by atoms with E-state index in [0.717, 1.165) is 0 Å². The number of amides is 1. The van der Waals surface area contributed by atoms with Crippen LogP contribution < -0.4 is 10.1 Å². The van der Waals surface area contributed by atoms with Gasteiger partial charge < -0.3 is 4.74 Å². The first-order valence-electron chi connectivity index (χ1n) is 5.77. The Bertz CT molecular complexity index is 513. The molecular formula is C12H13FN4O2. The van der Waals surface area contributed by atoms with Crippen molar-refractivity contribution >= 4 is 11.9 Å². The number of halogens is 1. The SMILES string of the molecule is O=C(CCCOc1ccc(F)cc1)Nc1ncn[nH]1. The molecule has 0 aliphatic rings. The molecule has 0 saturated carbocycles. The Morgan fingerprint density at radius 3 is 2.84 bits per heavy atom. The molecule has 1 amide bonds. The van der Waals surface area contributed by atoms with E-state index in [1.807, 2.05) is 0 Å². The molecule has 2 aromatic rings. The Kier molecular flexibility index (Phi) is 4.44. The summed E-state index contributed by atoms with van der Waals surface area (Å²) in [4.78, 5) is 15.2. The van der Waals surface area contributed by atoms with Crippen LogP contribution in [0, 0.1) is 5.82 Å². The number of nitrogens with zero attached hydrogens (tertiary/aromatic N) is 2. The van der Waals surface area contributed by atoms with Crippen molar-refractivity contribution in [1.82, 2.24) is 15.2 Å². The van der Waals surface area contributed by atoms with E-state index < -0.39 is 0 Å². The number of anilines is 1. The molecule has 0 aliphatic heterocycles. The smallest absolute Gasteiger partial charge is 0.226 e. The molecule has 2 rings (SSSR count). The first-order chi connectivity index (χ1) is 9.24. The van der Waals surface area contributed by atoms with Crippen LogP contribution in [0.5, 0.6) is 5.75 Å². The predicted molar refractivity (Wildman–Crippen MR) is 66.1 cm³/mol. The first kappa shape index (κ1) is 13.0. The molecular weight excluding hydrogens is 251 g/mol. The van der Waals surface area contributed by atoms with Crippen LogP contribution in [0.25, 0.3) is 0 Å². The first-order valence-corrected chi connectivity index (χ1v) is 5.77. The van der Waals surface area contributed by atoms with Gasteiger partial charge in [-0.1, -0.05) is 0 Å². The van der Waals surface area contributed by atoms with Gasteiger partial charge in [0.05, 0.1) is 6.61 Å². The normalized spacial score (nSPS) is 10.2. The number of rotatable bonds is 6. The molecule has 0 unspecified atom stereocenters. The number of hydrogen-bond acceptors (Lipinski definition) is 4. The number of hydrogen-bond donors (Lipinski definition) is 2. The summed E-state index contributed by atoms with van der Waals surface area (Å²) in [5, 5.41) is 8.70. The Labute approximate surface area is 109 Å². The van der Waals surface area contributed by atoms with Gasteiger partial charge >= 0.3 is 0 Å². The number of aromatic nitrogens is 3. The van der Waals surface area contributed by atoms with Gasteiger partial charge in [0, 0.05) is 6.42 Å². The van der Waals surface area contributed by atoms with Crippen molar-refractivity contribution in [1.29, 1.82) is 0 Å². The van der Waals surface area contributed by atoms with Gasteiger partial charge in [-0.3, -0.25) is 10.1 Å². The molecule has 0 radical (unpaired) electrons. The third kappa shape index (κ3) is 4.38. The number of carbonyl (C=O) groups excluding carboxylic acids is 1. The van der Waals surface area contributed by atoms with E-state index in [0.29, 0.717) is 31.1 Å². The lowest BCUT2D eigenvalue weighted by atomic mass is 10.3. The Hall–Kier alpha value is -2.44. The zero-order valence-electron chi connectivity index (χ0n) is 10.1. The topological polar surface area (TPSA) is 79.9 Å². The fourth-order valence-electron chi connectivity index (χ4n) is 1.41. The monoisotopic (exact) mass is 264 g/mol. The lowest BCUT2D eigenvalue weighted by Crippen LogP contribution is -2.13. The summed E-state index contributed by atoms with van der Waals surface area (Å²) in [6, 6.07) is 5.74. The quantitative estimate of drug-likeness (QED) is 0.779. The highest BCUT2D eigenvalue weighted by molar-refractivity contribution is 5.88. The van der Waals surface area contributed by atoms with Gasteiger partial charge in [0.15, 0.2) is 0 Å². The van der Waals surface area contributed by atoms with Crippen LogP contribution >= 0.6 is 0 Å². The summed E-state index contributed by atoms with van der Waals surface area (Å²) in [6.07, 6.45) is 2.17. The third-order valence-electron chi connectivity index (χ3n) is 2.30. The average Bonchev–Trinajstić information content (AvgIpc) is 2.89. The zero-order valence-corrected chi connectivity index (χ0v) is 10.1. The number of nitrogens with one attached hydrogen (secondary N) is 2. The van der Waals surface area contributed by atoms with Crippen molar-refractivity contribution in [3.63, 3.8) is 0 Å². The minimum Gasteiger partial charge on any atom is -0.494 e. The molecule has 0 atom stereocenters. The Morgan fingerprint density at radius 2 is 2.16 bits per heavy atom. The lowest BCUT2D eigenvalue weighted by molar-refractivity contribution is -0.116. The van der Waals surface area contributed by atoms with Crippen molar-refractivity contribution < 1.29 is 13.9 Å². The molecule has 1 heterocycles. The van der Waals surface area contributed by atoms with Crippen LogP contribution in [0.2, 0.25) is 0 Å². The molecule has 100 valence electrons. The van der Waals surface area contributed by atoms with Crippen molar-refractivity contribution in [3.05, 3.63) is 36.4 Å². The van der Waals surface area contributed by atoms with E-state index >= 15 is 0 Å². The second-order valence-electron chi connectivity index (χ2n) is 3.79. The summed E-state index contributed by atoms with van der Waals surface area (Å²) >= 11 is 0. The molecule has 7 heteroatoms. The van der Waals surface area contributed by atoms with Gasteiger partial charge in [-0.15, -0.1) is 0 Å². The van der Waals surface area contributed by atoms with E-state index in [1.165, 1.54) is 18.5 Å². The predicted octanol–water partition coefficient (Wildman–Crippen LogP) is 1.74. The summed E-state index contributed by atoms with van der Waals surface area (Å²) in [5.74, 6) is 0.430. The number of ether oxygens (including phenoxy) is 1. The second kappa shape index (κ2) is 6.48. The minimum atomic E-state index is -0.307. The molecule has 19 heavy (non-hydrogen) atoms. The van der Waals surface area contributed by atoms with E-state index in [9.17, 15) is 9.18 Å². The van der Waals surface area contributed by atoms with Gasteiger partial charge in [-0.05, 0) is 30.7 Å². The molecule has 2 N–H and O–H groups in total. The van der Waals surface area contributed by atoms with Gasteiger partial charge in [-0.2, -0.15) is 10.1 Å². The van der Waals surface area contributed by atoms with Crippen molar-refractivity contribution in [2.75, 3.05) is 11.9 Å². The van der Waals surface area contributed by atoms with Crippen LogP contribution in [-0.2, 0) is 4.79 Å². The van der Waals surface area contributed by atoms with Gasteiger partial charge in [-0.25, -0.2) is 9.49 Å². The van der Waals surface area contributed by atoms with Gasteiger partial charge in [0.25, 0.3) is 0 Å². The Morgan fingerprint density at radius 1 is 1.37 bits per heavy atom. The van der Waals surface area contributed by atoms with E-state index in [2.05, 4.69) is 20.5 Å². The minimum absolute atomic E-state index is 0.167. The maximum Gasteiger partial charge on any atom is 0.226 e. The fourth-order valence-corrected chi connectivity index (χ4v) is 1.41. The number of H-pyrrole nitrogens is 1. The summed E-state index contributed by atoms with van der Waals surface area (Å²) in [6.45, 7) is 0.384. The summed E-state index contributed by atoms with van der Waals surface area (Å²) in [5.41, 5.74) is 0. The van der Waals surface area contributed by atoms with Gasteiger partial charge in [0.2, 0.25) is 11.9 Å². The average molecular weight is 264 g/mol. The molecule has 6 nitrogen and oxygen atoms in total. The fraction of sp³-hybridized carbons (Fsp3) is 0.250. The number of carbonyl (C=O) groups is 1. The van der Waals surface area contributed by atoms with Crippen LogP contribution in [0.15, 0.2) is 30.6 Å². The highest BCUT2D eigenvalue weighted by Crippen LogP contribution is 2.11. The van der Waals surface area contributed by atoms with E-state index in [1.54, 1.807) is 12.1 Å². The standard InChI is InChI=1S/C12H13FN4O2/c13-9-3-5-10(6-4-9)19-7-1-2-11(18)16-12-14-8-15-17-12/h3-6,8H,1-2,7H2,(H2,14,15,16,17,18). The molecule has 1 aromatic heterocycles. The highest BCUT2D eigenvalue weighted by atomic mass is 19.1. The van der Waals surface area contributed by atoms with Crippen molar-refractivity contribution in [2.45, 2.75) is 12.8 Å². The van der Waals surface area contributed by atoms with Crippen LogP contribution in [-0.4, -0.2) is 27.7 Å². The Balaban J connectivity index is 1.64. The second-order valence-corrected chi connectivity index (χ2v) is 3.79. The highest BCUT2D eigenvalue weighted by Gasteiger charge is 2.04. The molecule has 1 aromatic carbocycles. The van der Waals surface area contributed by atoms with Crippen LogP contribution in [0.4, 0.5) is 10.3 Å².